The first kappa shape index (κ1) is 14.2. The topological polar surface area (TPSA) is 56.8 Å². The number of benzene rings is 1. The average Bonchev–Trinajstić information content (AvgIpc) is 3.04. The smallest absolute Gasteiger partial charge is 0.371 e. The molecule has 118 valence electrons. The number of rotatable bonds is 2. The van der Waals surface area contributed by atoms with E-state index in [2.05, 4.69) is 17.6 Å². The van der Waals surface area contributed by atoms with Gasteiger partial charge in [-0.15, -0.1) is 0 Å². The maximum Gasteiger partial charge on any atom is 0.371 e. The van der Waals surface area contributed by atoms with Gasteiger partial charge in [-0.05, 0) is 24.8 Å². The van der Waals surface area contributed by atoms with Crippen LogP contribution in [0.25, 0.3) is 0 Å². The third-order valence-electron chi connectivity index (χ3n) is 4.93. The minimum Gasteiger partial charge on any atom is -0.429 e. The van der Waals surface area contributed by atoms with E-state index in [1.807, 2.05) is 18.2 Å². The molecule has 1 aliphatic carbocycles. The fraction of sp³-hybridized carbons (Fsp3) is 0.588. The van der Waals surface area contributed by atoms with E-state index >= 15 is 0 Å². The Morgan fingerprint density at radius 3 is 2.68 bits per heavy atom. The Labute approximate surface area is 129 Å². The normalized spacial score (nSPS) is 33.5. The lowest BCUT2D eigenvalue weighted by molar-refractivity contribution is -0.281. The van der Waals surface area contributed by atoms with Gasteiger partial charge >= 0.3 is 5.97 Å². The van der Waals surface area contributed by atoms with Crippen molar-refractivity contribution in [3.8, 4) is 0 Å². The highest BCUT2D eigenvalue weighted by molar-refractivity contribution is 5.80. The Bertz CT molecular complexity index is 555. The molecule has 3 fully saturated rings. The van der Waals surface area contributed by atoms with E-state index in [0.29, 0.717) is 6.54 Å². The van der Waals surface area contributed by atoms with Gasteiger partial charge in [-0.2, -0.15) is 5.48 Å². The summed E-state index contributed by atoms with van der Waals surface area (Å²) in [5.41, 5.74) is 4.02. The second-order valence-electron chi connectivity index (χ2n) is 6.47. The van der Waals surface area contributed by atoms with Gasteiger partial charge in [0.25, 0.3) is 5.79 Å². The van der Waals surface area contributed by atoms with Gasteiger partial charge in [0.1, 0.15) is 0 Å². The van der Waals surface area contributed by atoms with Crippen LogP contribution < -0.4 is 5.48 Å². The number of hydroxylamine groups is 1. The summed E-state index contributed by atoms with van der Waals surface area (Å²) in [6, 6.07) is 10.1. The van der Waals surface area contributed by atoms with E-state index in [1.165, 1.54) is 12.0 Å². The first-order valence-electron chi connectivity index (χ1n) is 8.11. The van der Waals surface area contributed by atoms with Crippen molar-refractivity contribution in [2.75, 3.05) is 6.54 Å². The second kappa shape index (κ2) is 5.33. The zero-order valence-electron chi connectivity index (χ0n) is 12.5. The summed E-state index contributed by atoms with van der Waals surface area (Å²) in [4.78, 5) is 18.1. The SMILES string of the molecule is O=C1OC2(CCCCC2)OC12ONC[C@@H]2Cc1ccccc1. The van der Waals surface area contributed by atoms with Gasteiger partial charge in [0, 0.05) is 25.3 Å². The number of hydrogen-bond acceptors (Lipinski definition) is 5. The van der Waals surface area contributed by atoms with Crippen molar-refractivity contribution in [1.82, 2.24) is 5.48 Å². The number of ether oxygens (including phenoxy) is 2. The van der Waals surface area contributed by atoms with Gasteiger partial charge in [0.05, 0.1) is 0 Å². The lowest BCUT2D eigenvalue weighted by Crippen LogP contribution is -2.45. The molecule has 5 nitrogen and oxygen atoms in total. The number of carbonyl (C=O) groups excluding carboxylic acids is 1. The predicted molar refractivity (Wildman–Crippen MR) is 78.4 cm³/mol. The predicted octanol–water partition coefficient (Wildman–Crippen LogP) is 2.31. The number of hydrogen-bond donors (Lipinski definition) is 1. The number of carbonyl (C=O) groups is 1. The van der Waals surface area contributed by atoms with Crippen molar-refractivity contribution >= 4 is 5.97 Å². The standard InChI is InChI=1S/C17H21NO4/c19-15-17(21-16(20-15)9-5-2-6-10-16)14(12-18-22-17)11-13-7-3-1-4-8-13/h1,3-4,7-8,14,18H,2,5-6,9-12H2/t14-,17?/m0/s1. The summed E-state index contributed by atoms with van der Waals surface area (Å²) in [6.45, 7) is 0.583. The molecule has 2 heterocycles. The minimum absolute atomic E-state index is 0.0799. The molecule has 1 aromatic rings. The molecule has 2 spiro atoms. The minimum atomic E-state index is -1.28. The van der Waals surface area contributed by atoms with Crippen molar-refractivity contribution in [2.45, 2.75) is 50.1 Å². The fourth-order valence-electron chi connectivity index (χ4n) is 3.76. The van der Waals surface area contributed by atoms with Gasteiger partial charge in [-0.25, -0.2) is 4.79 Å². The van der Waals surface area contributed by atoms with Crippen molar-refractivity contribution < 1.29 is 19.1 Å². The molecule has 0 radical (unpaired) electrons. The van der Waals surface area contributed by atoms with Crippen LogP contribution in [-0.2, 0) is 25.5 Å². The van der Waals surface area contributed by atoms with Gasteiger partial charge in [-0.1, -0.05) is 36.8 Å². The van der Waals surface area contributed by atoms with Crippen LogP contribution in [0.3, 0.4) is 0 Å². The highest BCUT2D eigenvalue weighted by atomic mass is 16.9. The summed E-state index contributed by atoms with van der Waals surface area (Å²) >= 11 is 0. The van der Waals surface area contributed by atoms with Gasteiger partial charge in [-0.3, -0.25) is 9.57 Å². The molecule has 1 aromatic carbocycles. The highest BCUT2D eigenvalue weighted by Crippen LogP contribution is 2.47. The van der Waals surface area contributed by atoms with Crippen LogP contribution in [-0.4, -0.2) is 24.1 Å². The molecule has 1 saturated carbocycles. The highest BCUT2D eigenvalue weighted by Gasteiger charge is 2.65. The molecule has 0 aromatic heterocycles. The fourth-order valence-corrected chi connectivity index (χ4v) is 3.76. The Hall–Kier alpha value is -1.43. The molecule has 2 aliphatic heterocycles. The van der Waals surface area contributed by atoms with E-state index < -0.39 is 11.6 Å². The molecule has 22 heavy (non-hydrogen) atoms. The van der Waals surface area contributed by atoms with Crippen molar-refractivity contribution in [2.24, 2.45) is 5.92 Å². The summed E-state index contributed by atoms with van der Waals surface area (Å²) in [5.74, 6) is -2.51. The third kappa shape index (κ3) is 2.24. The van der Waals surface area contributed by atoms with Crippen LogP contribution in [0.4, 0.5) is 0 Å². The Morgan fingerprint density at radius 1 is 1.14 bits per heavy atom. The zero-order chi connectivity index (χ0) is 15.0. The van der Waals surface area contributed by atoms with E-state index in [9.17, 15) is 4.79 Å². The summed E-state index contributed by atoms with van der Waals surface area (Å²) in [6.07, 6.45) is 5.48. The van der Waals surface area contributed by atoms with E-state index in [4.69, 9.17) is 14.3 Å². The molecule has 0 bridgehead atoms. The lowest BCUT2D eigenvalue weighted by atomic mass is 9.91. The Morgan fingerprint density at radius 2 is 1.91 bits per heavy atom. The lowest BCUT2D eigenvalue weighted by Gasteiger charge is -2.32. The summed E-state index contributed by atoms with van der Waals surface area (Å²) in [7, 11) is 0. The van der Waals surface area contributed by atoms with Gasteiger partial charge < -0.3 is 4.74 Å². The molecule has 4 rings (SSSR count). The van der Waals surface area contributed by atoms with Crippen LogP contribution in [0, 0.1) is 5.92 Å². The molecule has 1 N–H and O–H groups in total. The van der Waals surface area contributed by atoms with Gasteiger partial charge in [0.2, 0.25) is 5.79 Å². The molecular formula is C17H21NO4. The molecule has 3 aliphatic rings. The first-order chi connectivity index (χ1) is 10.7. The monoisotopic (exact) mass is 303 g/mol. The largest absolute Gasteiger partial charge is 0.429 e. The number of esters is 1. The molecule has 2 atom stereocenters. The molecule has 0 amide bonds. The van der Waals surface area contributed by atoms with Crippen molar-refractivity contribution in [3.05, 3.63) is 35.9 Å². The van der Waals surface area contributed by atoms with Gasteiger partial charge in [0.15, 0.2) is 0 Å². The third-order valence-corrected chi connectivity index (χ3v) is 4.93. The van der Waals surface area contributed by atoms with Crippen molar-refractivity contribution in [3.63, 3.8) is 0 Å². The van der Waals surface area contributed by atoms with E-state index in [1.54, 1.807) is 0 Å². The summed E-state index contributed by atoms with van der Waals surface area (Å²) < 4.78 is 11.8. The zero-order valence-corrected chi connectivity index (χ0v) is 12.5. The van der Waals surface area contributed by atoms with Crippen LogP contribution >= 0.6 is 0 Å². The average molecular weight is 303 g/mol. The molecule has 2 saturated heterocycles. The van der Waals surface area contributed by atoms with Crippen LogP contribution in [0.2, 0.25) is 0 Å². The first-order valence-corrected chi connectivity index (χ1v) is 8.11. The quantitative estimate of drug-likeness (QED) is 0.850. The Kier molecular flexibility index (Phi) is 3.44. The van der Waals surface area contributed by atoms with Crippen LogP contribution in [0.1, 0.15) is 37.7 Å². The molecule has 1 unspecified atom stereocenters. The second-order valence-corrected chi connectivity index (χ2v) is 6.47. The Balaban J connectivity index is 1.57. The van der Waals surface area contributed by atoms with E-state index in [-0.39, 0.29) is 11.9 Å². The van der Waals surface area contributed by atoms with Crippen LogP contribution in [0.15, 0.2) is 30.3 Å². The van der Waals surface area contributed by atoms with E-state index in [0.717, 1.165) is 32.1 Å². The summed E-state index contributed by atoms with van der Waals surface area (Å²) in [5, 5.41) is 0. The van der Waals surface area contributed by atoms with Crippen LogP contribution in [0.5, 0.6) is 0 Å². The maximum absolute atomic E-state index is 12.6. The number of nitrogens with one attached hydrogen (secondary N) is 1. The molecule has 5 heteroatoms. The van der Waals surface area contributed by atoms with Crippen molar-refractivity contribution in [1.29, 1.82) is 0 Å². The molecular weight excluding hydrogens is 282 g/mol. The maximum atomic E-state index is 12.6.